The quantitative estimate of drug-likeness (QED) is 0.691. The molecule has 4 N–H and O–H groups in total. The summed E-state index contributed by atoms with van der Waals surface area (Å²) in [5.74, 6) is 0. The number of rotatable bonds is 2. The average molecular weight is 263 g/mol. The van der Waals surface area contributed by atoms with Gasteiger partial charge in [-0.05, 0) is 41.6 Å². The molecule has 0 saturated heterocycles. The summed E-state index contributed by atoms with van der Waals surface area (Å²) in [6, 6.07) is 7.59. The average Bonchev–Trinajstić information content (AvgIpc) is 2.81. The predicted molar refractivity (Wildman–Crippen MR) is 79.5 cm³/mol. The Kier molecular flexibility index (Phi) is 3.01. The van der Waals surface area contributed by atoms with Gasteiger partial charge in [0.25, 0.3) is 0 Å². The lowest BCUT2D eigenvalue weighted by Crippen LogP contribution is -1.91. The van der Waals surface area contributed by atoms with Crippen molar-refractivity contribution >= 4 is 11.8 Å². The summed E-state index contributed by atoms with van der Waals surface area (Å²) in [6.45, 7) is 0. The van der Waals surface area contributed by atoms with Gasteiger partial charge in [-0.25, -0.2) is 0 Å². The highest BCUT2D eigenvalue weighted by atomic mass is 15.1. The molecule has 0 saturated carbocycles. The molecule has 5 nitrogen and oxygen atoms in total. The van der Waals surface area contributed by atoms with Gasteiger partial charge in [-0.2, -0.15) is 5.10 Å². The number of hydrogen-bond donors (Lipinski definition) is 2. The van der Waals surface area contributed by atoms with Crippen molar-refractivity contribution in [2.45, 2.75) is 0 Å². The Morgan fingerprint density at radius 1 is 1.05 bits per heavy atom. The molecule has 0 radical (unpaired) electrons. The minimum Gasteiger partial charge on any atom is -0.405 e. The second-order valence-electron chi connectivity index (χ2n) is 4.36. The lowest BCUT2D eigenvalue weighted by Gasteiger charge is -2.08. The molecule has 3 rings (SSSR count). The molecular weight excluding hydrogens is 250 g/mol. The van der Waals surface area contributed by atoms with Crippen LogP contribution in [-0.4, -0.2) is 15.2 Å². The van der Waals surface area contributed by atoms with E-state index in [1.807, 2.05) is 30.3 Å². The van der Waals surface area contributed by atoms with Crippen LogP contribution in [0.3, 0.4) is 0 Å². The van der Waals surface area contributed by atoms with Gasteiger partial charge >= 0.3 is 0 Å². The molecule has 2 aliphatic heterocycles. The van der Waals surface area contributed by atoms with E-state index in [0.29, 0.717) is 5.69 Å². The van der Waals surface area contributed by atoms with Crippen molar-refractivity contribution in [2.75, 3.05) is 5.73 Å². The van der Waals surface area contributed by atoms with Crippen LogP contribution in [0.15, 0.2) is 49.1 Å². The molecule has 0 aliphatic carbocycles. The van der Waals surface area contributed by atoms with Crippen LogP contribution in [0, 0.1) is 0 Å². The Balaban J connectivity index is 2.28. The van der Waals surface area contributed by atoms with Crippen molar-refractivity contribution < 1.29 is 0 Å². The molecule has 2 aliphatic rings. The molecule has 0 fully saturated rings. The van der Waals surface area contributed by atoms with E-state index in [1.165, 1.54) is 6.20 Å². The molecule has 0 atom stereocenters. The highest BCUT2D eigenvalue weighted by molar-refractivity contribution is 5.86. The third-order valence-corrected chi connectivity index (χ3v) is 3.07. The van der Waals surface area contributed by atoms with Gasteiger partial charge in [-0.1, -0.05) is 6.07 Å². The molecule has 20 heavy (non-hydrogen) atoms. The fraction of sp³-hybridized carbons (Fsp3) is 0. The summed E-state index contributed by atoms with van der Waals surface area (Å²) in [4.78, 5) is 4.18. The summed E-state index contributed by atoms with van der Waals surface area (Å²) >= 11 is 0. The summed E-state index contributed by atoms with van der Waals surface area (Å²) in [7, 11) is 0. The zero-order chi connectivity index (χ0) is 13.9. The molecule has 0 unspecified atom stereocenters. The van der Waals surface area contributed by atoms with Crippen LogP contribution in [0.1, 0.15) is 5.56 Å². The zero-order valence-electron chi connectivity index (χ0n) is 10.7. The first-order valence-corrected chi connectivity index (χ1v) is 6.13. The number of aromatic nitrogens is 3. The first-order chi connectivity index (χ1) is 9.79. The highest BCUT2D eigenvalue weighted by Gasteiger charge is 2.13. The van der Waals surface area contributed by atoms with Crippen LogP contribution in [-0.2, 0) is 0 Å². The number of nitrogens with two attached hydrogens (primary N) is 2. The Labute approximate surface area is 116 Å². The molecule has 2 heterocycles. The van der Waals surface area contributed by atoms with Crippen LogP contribution in [0.2, 0.25) is 0 Å². The molecule has 5 heteroatoms. The summed E-state index contributed by atoms with van der Waals surface area (Å²) in [5, 5.41) is 8.13. The molecular formula is C15H13N5. The van der Waals surface area contributed by atoms with Crippen LogP contribution in [0.5, 0.6) is 0 Å². The summed E-state index contributed by atoms with van der Waals surface area (Å²) < 4.78 is 0. The molecule has 0 amide bonds. The van der Waals surface area contributed by atoms with E-state index >= 15 is 0 Å². The Morgan fingerprint density at radius 2 is 1.95 bits per heavy atom. The lowest BCUT2D eigenvalue weighted by atomic mass is 9.97. The fourth-order valence-electron chi connectivity index (χ4n) is 2.18. The number of nitrogens with zero attached hydrogens (tertiary/aromatic N) is 3. The van der Waals surface area contributed by atoms with Gasteiger partial charge in [0, 0.05) is 29.2 Å². The van der Waals surface area contributed by atoms with Crippen LogP contribution in [0.4, 0.5) is 5.69 Å². The van der Waals surface area contributed by atoms with Gasteiger partial charge in [-0.3, -0.25) is 4.98 Å². The Bertz CT molecular complexity index is 751. The largest absolute Gasteiger partial charge is 0.405 e. The van der Waals surface area contributed by atoms with Crippen molar-refractivity contribution in [3.8, 4) is 22.4 Å². The van der Waals surface area contributed by atoms with Gasteiger partial charge < -0.3 is 11.5 Å². The minimum atomic E-state index is 0.685. The van der Waals surface area contributed by atoms with Crippen molar-refractivity contribution in [1.82, 2.24) is 15.2 Å². The van der Waals surface area contributed by atoms with Crippen molar-refractivity contribution in [3.63, 3.8) is 0 Å². The lowest BCUT2D eigenvalue weighted by molar-refractivity contribution is 1.10. The third kappa shape index (κ3) is 2.05. The monoisotopic (exact) mass is 263 g/mol. The Hall–Kier alpha value is -2.95. The first kappa shape index (κ1) is 12.1. The van der Waals surface area contributed by atoms with Gasteiger partial charge in [0.1, 0.15) is 5.69 Å². The number of fused-ring (bicyclic) bond motifs is 1. The smallest absolute Gasteiger partial charge is 0.104 e. The topological polar surface area (TPSA) is 90.7 Å². The summed E-state index contributed by atoms with van der Waals surface area (Å²) in [5.41, 5.74) is 16.6. The minimum absolute atomic E-state index is 0.685. The van der Waals surface area contributed by atoms with E-state index in [4.69, 9.17) is 11.5 Å². The second-order valence-corrected chi connectivity index (χ2v) is 4.36. The molecule has 0 aromatic heterocycles. The van der Waals surface area contributed by atoms with E-state index in [1.54, 1.807) is 18.6 Å². The van der Waals surface area contributed by atoms with Crippen LogP contribution in [0.25, 0.3) is 28.5 Å². The van der Waals surface area contributed by atoms with Crippen molar-refractivity contribution in [1.29, 1.82) is 0 Å². The van der Waals surface area contributed by atoms with Gasteiger partial charge in [0.15, 0.2) is 0 Å². The Morgan fingerprint density at radius 3 is 2.80 bits per heavy atom. The highest BCUT2D eigenvalue weighted by Crippen LogP contribution is 2.33. The molecule has 0 spiro atoms. The molecule has 98 valence electrons. The third-order valence-electron chi connectivity index (χ3n) is 3.07. The number of anilines is 1. The van der Waals surface area contributed by atoms with Crippen LogP contribution < -0.4 is 11.5 Å². The molecule has 0 bridgehead atoms. The van der Waals surface area contributed by atoms with Crippen LogP contribution >= 0.6 is 0 Å². The normalized spacial score (nSPS) is 11.2. The first-order valence-electron chi connectivity index (χ1n) is 6.13. The van der Waals surface area contributed by atoms with E-state index in [2.05, 4.69) is 15.2 Å². The second kappa shape index (κ2) is 4.97. The van der Waals surface area contributed by atoms with E-state index < -0.39 is 0 Å². The number of benzene rings is 1. The number of hydrogen-bond acceptors (Lipinski definition) is 5. The number of nitrogen functional groups attached to an aromatic ring is 1. The predicted octanol–water partition coefficient (Wildman–Crippen LogP) is 2.16. The maximum atomic E-state index is 5.84. The maximum absolute atomic E-state index is 5.84. The fourth-order valence-corrected chi connectivity index (χ4v) is 2.18. The van der Waals surface area contributed by atoms with Gasteiger partial charge in [0.05, 0.1) is 6.20 Å². The van der Waals surface area contributed by atoms with Gasteiger partial charge in [-0.15, -0.1) is 5.10 Å². The van der Waals surface area contributed by atoms with Gasteiger partial charge in [0.2, 0.25) is 0 Å². The standard InChI is InChI=1S/C15H13N5/c16-5-3-10-7-12(17)1-2-13(10)14-4-6-18-8-11-9-19-20-15(11)14/h1-9H,16-17H2/b5-3+. The van der Waals surface area contributed by atoms with E-state index in [-0.39, 0.29) is 0 Å². The van der Waals surface area contributed by atoms with Crippen molar-refractivity contribution in [3.05, 3.63) is 54.6 Å². The van der Waals surface area contributed by atoms with E-state index in [9.17, 15) is 0 Å². The zero-order valence-corrected chi connectivity index (χ0v) is 10.7. The summed E-state index contributed by atoms with van der Waals surface area (Å²) in [6.07, 6.45) is 8.49. The molecule has 1 aromatic carbocycles. The van der Waals surface area contributed by atoms with Crippen molar-refractivity contribution in [2.24, 2.45) is 5.73 Å². The molecule has 1 aromatic rings. The van der Waals surface area contributed by atoms with E-state index in [0.717, 1.165) is 27.9 Å². The SMILES string of the molecule is N/C=C/c1cc(N)ccc1-c1ccncc2cnnc1-2. The maximum Gasteiger partial charge on any atom is 0.104 e.